The van der Waals surface area contributed by atoms with Gasteiger partial charge in [-0.25, -0.2) is 0 Å². The first-order chi connectivity index (χ1) is 12.4. The Morgan fingerprint density at radius 1 is 1.19 bits per heavy atom. The van der Waals surface area contributed by atoms with Crippen LogP contribution in [-0.4, -0.2) is 17.1 Å². The number of anilines is 1. The number of carbonyl (C=O) groups is 1. The minimum Gasteiger partial charge on any atom is -0.490 e. The second-order valence-corrected chi connectivity index (χ2v) is 6.92. The normalized spacial score (nSPS) is 12.7. The lowest BCUT2D eigenvalue weighted by Crippen LogP contribution is -2.26. The van der Waals surface area contributed by atoms with Gasteiger partial charge in [-0.15, -0.1) is 0 Å². The second-order valence-electron chi connectivity index (χ2n) is 6.51. The molecule has 0 spiro atoms. The fourth-order valence-electron chi connectivity index (χ4n) is 3.42. The summed E-state index contributed by atoms with van der Waals surface area (Å²) in [5.74, 6) is 0.160. The number of benzene rings is 2. The number of halogens is 1. The van der Waals surface area contributed by atoms with Crippen molar-refractivity contribution in [1.29, 1.82) is 0 Å². The van der Waals surface area contributed by atoms with Crippen LogP contribution in [0.4, 0.5) is 5.69 Å². The predicted molar refractivity (Wildman–Crippen MR) is 103 cm³/mol. The van der Waals surface area contributed by atoms with Gasteiger partial charge in [0.1, 0.15) is 17.9 Å². The minimum atomic E-state index is -0.446. The highest BCUT2D eigenvalue weighted by atomic mass is 35.5. The van der Waals surface area contributed by atoms with E-state index in [2.05, 4.69) is 5.32 Å². The van der Waals surface area contributed by atoms with Gasteiger partial charge in [0.05, 0.1) is 22.5 Å². The summed E-state index contributed by atoms with van der Waals surface area (Å²) < 4.78 is 7.47. The minimum absolute atomic E-state index is 0.0672. The van der Waals surface area contributed by atoms with Gasteiger partial charge in [0.25, 0.3) is 5.91 Å². The number of nitrogens with one attached hydrogen (secondary N) is 1. The van der Waals surface area contributed by atoms with Crippen molar-refractivity contribution >= 4 is 34.1 Å². The maximum atomic E-state index is 12.9. The maximum Gasteiger partial charge on any atom is 0.261 e. The predicted octanol–water partition coefficient (Wildman–Crippen LogP) is 3.92. The van der Waals surface area contributed by atoms with Crippen LogP contribution in [0.25, 0.3) is 10.9 Å². The second kappa shape index (κ2) is 6.18. The van der Waals surface area contributed by atoms with Crippen LogP contribution in [-0.2, 0) is 6.54 Å². The third kappa shape index (κ3) is 2.74. The van der Waals surface area contributed by atoms with Gasteiger partial charge in [-0.1, -0.05) is 17.7 Å². The number of nitrogens with zero attached hydrogens (tertiary/aromatic N) is 1. The van der Waals surface area contributed by atoms with Crippen molar-refractivity contribution in [2.45, 2.75) is 20.4 Å². The monoisotopic (exact) mass is 368 g/mol. The summed E-state index contributed by atoms with van der Waals surface area (Å²) in [5, 5.41) is 3.45. The summed E-state index contributed by atoms with van der Waals surface area (Å²) >= 11 is 6.27. The fraction of sp³-hybridized carbons (Fsp3) is 0.200. The number of rotatable bonds is 2. The number of hydrogen-bond donors (Lipinski definition) is 1. The fourth-order valence-corrected chi connectivity index (χ4v) is 3.65. The molecule has 26 heavy (non-hydrogen) atoms. The average Bonchev–Trinajstić information content (AvgIpc) is 2.58. The molecule has 0 aliphatic carbocycles. The topological polar surface area (TPSA) is 60.3 Å². The molecule has 0 bridgehead atoms. The van der Waals surface area contributed by atoms with E-state index in [-0.39, 0.29) is 5.56 Å². The highest BCUT2D eigenvalue weighted by Gasteiger charge is 2.22. The first-order valence-electron chi connectivity index (χ1n) is 8.32. The van der Waals surface area contributed by atoms with Crippen LogP contribution in [0.1, 0.15) is 21.5 Å². The number of aryl methyl sites for hydroxylation is 2. The molecule has 0 unspecified atom stereocenters. The Bertz CT molecular complexity index is 1100. The summed E-state index contributed by atoms with van der Waals surface area (Å²) in [7, 11) is 0. The van der Waals surface area contributed by atoms with E-state index >= 15 is 0 Å². The third-order valence-electron chi connectivity index (χ3n) is 4.45. The lowest BCUT2D eigenvalue weighted by atomic mass is 10.1. The molecule has 1 aliphatic heterocycles. The molecule has 0 saturated heterocycles. The number of ether oxygens (including phenoxy) is 1. The van der Waals surface area contributed by atoms with Gasteiger partial charge < -0.3 is 14.6 Å². The van der Waals surface area contributed by atoms with E-state index in [0.29, 0.717) is 40.5 Å². The molecule has 1 amide bonds. The van der Waals surface area contributed by atoms with Gasteiger partial charge in [0, 0.05) is 11.9 Å². The number of carbonyl (C=O) groups excluding carboxylic acids is 1. The largest absolute Gasteiger partial charge is 0.490 e. The van der Waals surface area contributed by atoms with E-state index in [1.807, 2.05) is 36.6 Å². The van der Waals surface area contributed by atoms with Crippen molar-refractivity contribution in [2.24, 2.45) is 0 Å². The molecule has 132 valence electrons. The molecule has 0 radical (unpaired) electrons. The van der Waals surface area contributed by atoms with Crippen molar-refractivity contribution in [3.63, 3.8) is 0 Å². The summed E-state index contributed by atoms with van der Waals surface area (Å²) in [5.41, 5.74) is 3.05. The molecular weight excluding hydrogens is 352 g/mol. The lowest BCUT2D eigenvalue weighted by Gasteiger charge is -2.22. The summed E-state index contributed by atoms with van der Waals surface area (Å²) in [6, 6.07) is 9.13. The average molecular weight is 369 g/mol. The van der Waals surface area contributed by atoms with Gasteiger partial charge in [-0.05, 0) is 49.2 Å². The Morgan fingerprint density at radius 2 is 1.92 bits per heavy atom. The molecule has 1 N–H and O–H groups in total. The molecule has 1 aromatic heterocycles. The Labute approximate surface area is 155 Å². The third-order valence-corrected chi connectivity index (χ3v) is 4.76. The summed E-state index contributed by atoms with van der Waals surface area (Å²) in [4.78, 5) is 25.7. The SMILES string of the molecule is Cc1cc(C)cc(NC(=O)c2cn3c4c(ccc(Cl)c4c2=O)OCC3)c1. The van der Waals surface area contributed by atoms with E-state index < -0.39 is 11.3 Å². The van der Waals surface area contributed by atoms with Crippen LogP contribution >= 0.6 is 11.6 Å². The van der Waals surface area contributed by atoms with Crippen LogP contribution in [0.15, 0.2) is 41.3 Å². The van der Waals surface area contributed by atoms with Crippen LogP contribution in [0.3, 0.4) is 0 Å². The van der Waals surface area contributed by atoms with E-state index in [9.17, 15) is 9.59 Å². The Kier molecular flexibility index (Phi) is 3.96. The Morgan fingerprint density at radius 3 is 2.65 bits per heavy atom. The standard InChI is InChI=1S/C20H17ClN2O3/c1-11-7-12(2)9-13(8-11)22-20(25)14-10-23-5-6-26-16-4-3-15(21)17(18(16)23)19(14)24/h3-4,7-10H,5-6H2,1-2H3,(H,22,25). The zero-order valence-corrected chi connectivity index (χ0v) is 15.2. The summed E-state index contributed by atoms with van der Waals surface area (Å²) in [6.07, 6.45) is 1.59. The smallest absolute Gasteiger partial charge is 0.261 e. The van der Waals surface area contributed by atoms with Crippen molar-refractivity contribution in [3.8, 4) is 5.75 Å². The molecule has 6 heteroatoms. The zero-order chi connectivity index (χ0) is 18.4. The van der Waals surface area contributed by atoms with Crippen LogP contribution in [0, 0.1) is 13.8 Å². The van der Waals surface area contributed by atoms with E-state index in [1.165, 1.54) is 0 Å². The number of aromatic nitrogens is 1. The first kappa shape index (κ1) is 16.7. The number of amides is 1. The Balaban J connectivity index is 1.84. The van der Waals surface area contributed by atoms with Crippen LogP contribution in [0.5, 0.6) is 5.75 Å². The van der Waals surface area contributed by atoms with E-state index in [1.54, 1.807) is 18.3 Å². The quantitative estimate of drug-likeness (QED) is 0.745. The zero-order valence-electron chi connectivity index (χ0n) is 14.4. The number of pyridine rings is 1. The van der Waals surface area contributed by atoms with Gasteiger partial charge >= 0.3 is 0 Å². The molecule has 2 heterocycles. The first-order valence-corrected chi connectivity index (χ1v) is 8.70. The van der Waals surface area contributed by atoms with Gasteiger partial charge in [-0.2, -0.15) is 0 Å². The van der Waals surface area contributed by atoms with Crippen LogP contribution in [0.2, 0.25) is 5.02 Å². The van der Waals surface area contributed by atoms with Crippen molar-refractivity contribution in [1.82, 2.24) is 4.57 Å². The molecule has 5 nitrogen and oxygen atoms in total. The molecule has 0 atom stereocenters. The van der Waals surface area contributed by atoms with Crippen molar-refractivity contribution in [3.05, 3.63) is 68.5 Å². The summed E-state index contributed by atoms with van der Waals surface area (Å²) in [6.45, 7) is 4.94. The molecule has 1 aliphatic rings. The molecular formula is C20H17ClN2O3. The lowest BCUT2D eigenvalue weighted by molar-refractivity contribution is 0.102. The molecule has 0 fully saturated rings. The van der Waals surface area contributed by atoms with Gasteiger partial charge in [-0.3, -0.25) is 9.59 Å². The van der Waals surface area contributed by atoms with Gasteiger partial charge in [0.15, 0.2) is 0 Å². The molecule has 3 aromatic rings. The van der Waals surface area contributed by atoms with Crippen molar-refractivity contribution in [2.75, 3.05) is 11.9 Å². The maximum absolute atomic E-state index is 12.9. The number of hydrogen-bond acceptors (Lipinski definition) is 3. The van der Waals surface area contributed by atoms with E-state index in [0.717, 1.165) is 11.1 Å². The van der Waals surface area contributed by atoms with Crippen molar-refractivity contribution < 1.29 is 9.53 Å². The molecule has 2 aromatic carbocycles. The highest BCUT2D eigenvalue weighted by molar-refractivity contribution is 6.35. The molecule has 0 saturated carbocycles. The highest BCUT2D eigenvalue weighted by Crippen LogP contribution is 2.32. The Hall–Kier alpha value is -2.79. The van der Waals surface area contributed by atoms with Gasteiger partial charge in [0.2, 0.25) is 5.43 Å². The molecule has 4 rings (SSSR count). The van der Waals surface area contributed by atoms with E-state index in [4.69, 9.17) is 16.3 Å². The van der Waals surface area contributed by atoms with Crippen LogP contribution < -0.4 is 15.5 Å².